The van der Waals surface area contributed by atoms with Gasteiger partial charge in [-0.2, -0.15) is 5.11 Å². The van der Waals surface area contributed by atoms with Crippen LogP contribution in [0.3, 0.4) is 0 Å². The van der Waals surface area contributed by atoms with Gasteiger partial charge >= 0.3 is 59.1 Å². The molecule has 2 aromatic rings. The molecule has 0 saturated carbocycles. The summed E-state index contributed by atoms with van der Waals surface area (Å²) in [7, 11) is -8.89. The largest absolute Gasteiger partial charge is 1.00 e. The molecule has 0 fully saturated rings. The maximum Gasteiger partial charge on any atom is 1.00 e. The second-order valence-electron chi connectivity index (χ2n) is 6.61. The summed E-state index contributed by atoms with van der Waals surface area (Å²) in [4.78, 5) is 11.5. The van der Waals surface area contributed by atoms with Crippen molar-refractivity contribution in [2.75, 3.05) is 36.1 Å². The van der Waals surface area contributed by atoms with Gasteiger partial charge < -0.3 is 20.4 Å². The zero-order valence-corrected chi connectivity index (χ0v) is 26.9. The van der Waals surface area contributed by atoms with E-state index in [2.05, 4.69) is 34.4 Å². The van der Waals surface area contributed by atoms with E-state index < -0.39 is 32.6 Å². The summed E-state index contributed by atoms with van der Waals surface area (Å²) < 4.78 is 68.5. The Morgan fingerprint density at radius 3 is 2.32 bits per heavy atom. The van der Waals surface area contributed by atoms with Crippen molar-refractivity contribution < 1.29 is 108 Å². The Kier molecular flexibility index (Phi) is 18.3. The molecule has 2 aromatic carbocycles. The zero-order chi connectivity index (χ0) is 26.6. The number of azo groups is 1. The molecular weight excluding hydrogens is 590 g/mol. The number of nitrogens with one attached hydrogen (secondary N) is 2. The third-order valence-corrected chi connectivity index (χ3v) is 6.50. The number of amides is 1. The van der Waals surface area contributed by atoms with Gasteiger partial charge in [-0.3, -0.25) is 18.2 Å². The second kappa shape index (κ2) is 18.6. The fourth-order valence-electron chi connectivity index (χ4n) is 2.52. The molecule has 2 rings (SSSR count). The summed E-state index contributed by atoms with van der Waals surface area (Å²) >= 11 is 0.382. The zero-order valence-electron chi connectivity index (χ0n) is 20.5. The Labute approximate surface area is 267 Å². The molecule has 0 saturated heterocycles. The fourth-order valence-corrected chi connectivity index (χ4v) is 4.22. The van der Waals surface area contributed by atoms with Crippen molar-refractivity contribution in [1.82, 2.24) is 0 Å². The topological polar surface area (TPSA) is 217 Å². The van der Waals surface area contributed by atoms with Gasteiger partial charge in [0.25, 0.3) is 0 Å². The van der Waals surface area contributed by atoms with Gasteiger partial charge in [-0.05, 0) is 42.5 Å². The van der Waals surface area contributed by atoms with Crippen LogP contribution in [0.5, 0.6) is 0 Å². The molecule has 38 heavy (non-hydrogen) atoms. The van der Waals surface area contributed by atoms with Gasteiger partial charge in [-0.15, -0.1) is 9.45 Å². The van der Waals surface area contributed by atoms with Crippen molar-refractivity contribution in [2.45, 2.75) is 11.8 Å². The molecule has 15 nitrogen and oxygen atoms in total. The molecule has 0 unspecified atom stereocenters. The van der Waals surface area contributed by atoms with Crippen molar-refractivity contribution in [3.63, 3.8) is 0 Å². The number of hydrogen-bond acceptors (Lipinski definition) is 15. The first kappa shape index (κ1) is 37.3. The first-order valence-electron chi connectivity index (χ1n) is 9.75. The van der Waals surface area contributed by atoms with Gasteiger partial charge in [-0.1, -0.05) is 0 Å². The van der Waals surface area contributed by atoms with E-state index in [9.17, 15) is 31.4 Å². The molecule has 1 amide bonds. The molecule has 0 aliphatic heterocycles. The quantitative estimate of drug-likeness (QED) is 0.0285. The number of benzene rings is 2. The Hall–Kier alpha value is -0.680. The van der Waals surface area contributed by atoms with Crippen LogP contribution >= 0.6 is 12.3 Å². The third kappa shape index (κ3) is 14.6. The van der Waals surface area contributed by atoms with Gasteiger partial charge in [0.05, 0.1) is 35.2 Å². The number of carbonyl (C=O) groups is 1. The summed E-state index contributed by atoms with van der Waals surface area (Å²) in [5.41, 5.74) is 1.58. The van der Waals surface area contributed by atoms with Crippen LogP contribution in [0.1, 0.15) is 6.92 Å². The average Bonchev–Trinajstić information content (AvgIpc) is 2.79. The van der Waals surface area contributed by atoms with E-state index in [0.29, 0.717) is 41.6 Å². The number of sulfone groups is 1. The van der Waals surface area contributed by atoms with Crippen LogP contribution in [0.4, 0.5) is 22.7 Å². The van der Waals surface area contributed by atoms with Crippen LogP contribution in [0.25, 0.3) is 0 Å². The SMILES string of the molecule is CC(=O)Nc1cc(NCCOSOO[O-])ccc1N=Nc1ccc(S(=O)(=O)CCOS(=O)(=O)[O-])cc1.[Na+].[Na+]. The van der Waals surface area contributed by atoms with E-state index in [-0.39, 0.29) is 76.5 Å². The van der Waals surface area contributed by atoms with Crippen LogP contribution in [-0.4, -0.2) is 52.8 Å². The first-order valence-corrected chi connectivity index (χ1v) is 13.4. The fraction of sp³-hybridized carbons (Fsp3) is 0.278. The maximum absolute atomic E-state index is 12.2. The van der Waals surface area contributed by atoms with Crippen molar-refractivity contribution in [2.24, 2.45) is 10.2 Å². The molecule has 0 atom stereocenters. The second-order valence-corrected chi connectivity index (χ2v) is 10.3. The molecule has 0 aromatic heterocycles. The van der Waals surface area contributed by atoms with Crippen LogP contribution in [-0.2, 0) is 42.8 Å². The van der Waals surface area contributed by atoms with Crippen LogP contribution < -0.4 is 75.0 Å². The number of nitrogens with zero attached hydrogens (tertiary/aromatic N) is 2. The van der Waals surface area contributed by atoms with E-state index in [1.54, 1.807) is 18.2 Å². The molecule has 0 aliphatic carbocycles. The molecule has 0 heterocycles. The smallest absolute Gasteiger partial charge is 0.726 e. The van der Waals surface area contributed by atoms with Gasteiger partial charge in [0.1, 0.15) is 5.69 Å². The van der Waals surface area contributed by atoms with E-state index in [1.165, 1.54) is 31.2 Å². The number of hydrogen-bond donors (Lipinski definition) is 2. The molecule has 20 heteroatoms. The van der Waals surface area contributed by atoms with Crippen molar-refractivity contribution in [3.8, 4) is 0 Å². The Bertz CT molecular complexity index is 1260. The van der Waals surface area contributed by atoms with Crippen LogP contribution in [0, 0.1) is 0 Å². The van der Waals surface area contributed by atoms with Gasteiger partial charge in [-0.25, -0.2) is 16.8 Å². The summed E-state index contributed by atoms with van der Waals surface area (Å²) in [6.45, 7) is 1.02. The summed E-state index contributed by atoms with van der Waals surface area (Å²) in [6.07, 6.45) is 0. The monoisotopic (exact) mass is 610 g/mol. The Morgan fingerprint density at radius 1 is 1.03 bits per heavy atom. The number of rotatable bonds is 15. The Balaban J connectivity index is 0.00000684. The number of anilines is 2. The predicted molar refractivity (Wildman–Crippen MR) is 123 cm³/mol. The third-order valence-electron chi connectivity index (χ3n) is 3.97. The summed E-state index contributed by atoms with van der Waals surface area (Å²) in [5, 5.41) is 26.6. The molecule has 198 valence electrons. The molecule has 2 N–H and O–H groups in total. The van der Waals surface area contributed by atoms with E-state index >= 15 is 0 Å². The molecular formula is C18H20N4Na2O11S3. The minimum atomic E-state index is -4.99. The molecule has 0 radical (unpaired) electrons. The maximum atomic E-state index is 12.2. The summed E-state index contributed by atoms with van der Waals surface area (Å²) in [6, 6.07) is 10.1. The average molecular weight is 611 g/mol. The van der Waals surface area contributed by atoms with E-state index in [0.717, 1.165) is 0 Å². The molecule has 0 spiro atoms. The van der Waals surface area contributed by atoms with E-state index in [1.807, 2.05) is 0 Å². The molecule has 0 aliphatic rings. The van der Waals surface area contributed by atoms with Gasteiger partial charge in [0.15, 0.2) is 22.2 Å². The molecule has 0 bridgehead atoms. The standard InChI is InChI=1S/C18H22N4O11S3.2Na/c1-13(23)20-18-12-15(19-8-9-30-34-33-32-24)4-7-17(18)22-21-14-2-5-16(6-3-14)35(25,26)11-10-31-36(27,28)29;;/h2-7,12,19,24H,8-11H2,1H3,(H,20,23)(H,27,28,29);;/q;2*+1/p-2. The van der Waals surface area contributed by atoms with Crippen molar-refractivity contribution >= 4 is 61.2 Å². The predicted octanol–water partition coefficient (Wildman–Crippen LogP) is -4.47. The number of carbonyl (C=O) groups excluding carboxylic acids is 1. The summed E-state index contributed by atoms with van der Waals surface area (Å²) in [5.74, 6) is -1.05. The first-order chi connectivity index (χ1) is 17.0. The van der Waals surface area contributed by atoms with Crippen molar-refractivity contribution in [3.05, 3.63) is 42.5 Å². The minimum absolute atomic E-state index is 0. The van der Waals surface area contributed by atoms with Crippen LogP contribution in [0.2, 0.25) is 0 Å². The van der Waals surface area contributed by atoms with Gasteiger partial charge in [0, 0.05) is 19.2 Å². The van der Waals surface area contributed by atoms with E-state index in [4.69, 9.17) is 4.18 Å². The minimum Gasteiger partial charge on any atom is -0.726 e. The normalized spacial score (nSPS) is 11.4. The van der Waals surface area contributed by atoms with Crippen molar-refractivity contribution in [1.29, 1.82) is 0 Å². The van der Waals surface area contributed by atoms with Crippen LogP contribution in [0.15, 0.2) is 57.6 Å². The van der Waals surface area contributed by atoms with Gasteiger partial charge in [0.2, 0.25) is 16.3 Å². The Morgan fingerprint density at radius 2 is 1.71 bits per heavy atom.